The summed E-state index contributed by atoms with van der Waals surface area (Å²) in [5.41, 5.74) is 1.19. The van der Waals surface area contributed by atoms with E-state index in [1.54, 1.807) is 0 Å². The molecule has 0 radical (unpaired) electrons. The lowest BCUT2D eigenvalue weighted by Crippen LogP contribution is -2.27. The molecule has 1 aromatic rings. The molecule has 1 fully saturated rings. The first-order chi connectivity index (χ1) is 10.4. The minimum atomic E-state index is -0.118. The second-order valence-corrected chi connectivity index (χ2v) is 5.32. The third-order valence-electron chi connectivity index (χ3n) is 3.73. The van der Waals surface area contributed by atoms with Crippen molar-refractivity contribution in [2.75, 3.05) is 33.0 Å². The van der Waals surface area contributed by atoms with E-state index in [0.29, 0.717) is 26.4 Å². The van der Waals surface area contributed by atoms with Gasteiger partial charge in [-0.2, -0.15) is 0 Å². The summed E-state index contributed by atoms with van der Waals surface area (Å²) in [6.07, 6.45) is 1.78. The predicted molar refractivity (Wildman–Crippen MR) is 78.8 cm³/mol. The van der Waals surface area contributed by atoms with E-state index in [4.69, 9.17) is 18.9 Å². The van der Waals surface area contributed by atoms with Gasteiger partial charge in [-0.1, -0.05) is 13.0 Å². The highest BCUT2D eigenvalue weighted by Crippen LogP contribution is 2.34. The zero-order valence-electron chi connectivity index (χ0n) is 12.5. The highest BCUT2D eigenvalue weighted by molar-refractivity contribution is 5.44. The summed E-state index contributed by atoms with van der Waals surface area (Å²) in [6, 6.07) is 6.34. The molecule has 5 nitrogen and oxygen atoms in total. The second-order valence-electron chi connectivity index (χ2n) is 5.32. The van der Waals surface area contributed by atoms with Crippen molar-refractivity contribution in [2.45, 2.75) is 32.1 Å². The van der Waals surface area contributed by atoms with E-state index in [0.717, 1.165) is 30.9 Å². The molecule has 1 saturated heterocycles. The van der Waals surface area contributed by atoms with Gasteiger partial charge in [0.15, 0.2) is 17.8 Å². The van der Waals surface area contributed by atoms with Crippen LogP contribution in [-0.2, 0) is 9.47 Å². The van der Waals surface area contributed by atoms with Crippen LogP contribution in [0.3, 0.4) is 0 Å². The van der Waals surface area contributed by atoms with Crippen molar-refractivity contribution in [1.29, 1.82) is 0 Å². The van der Waals surface area contributed by atoms with Crippen LogP contribution in [0.25, 0.3) is 0 Å². The Kier molecular flexibility index (Phi) is 4.95. The first-order valence-electron chi connectivity index (χ1n) is 7.73. The summed E-state index contributed by atoms with van der Waals surface area (Å²) >= 11 is 0. The minimum Gasteiger partial charge on any atom is -0.486 e. The molecule has 2 aliphatic heterocycles. The van der Waals surface area contributed by atoms with Crippen LogP contribution in [0.15, 0.2) is 18.2 Å². The van der Waals surface area contributed by atoms with Gasteiger partial charge in [-0.15, -0.1) is 0 Å². The van der Waals surface area contributed by atoms with Crippen LogP contribution < -0.4 is 14.8 Å². The maximum Gasteiger partial charge on any atom is 0.161 e. The highest BCUT2D eigenvalue weighted by Gasteiger charge is 2.23. The van der Waals surface area contributed by atoms with Gasteiger partial charge in [-0.3, -0.25) is 0 Å². The van der Waals surface area contributed by atoms with Crippen molar-refractivity contribution in [3.8, 4) is 11.5 Å². The lowest BCUT2D eigenvalue weighted by atomic mass is 10.0. The van der Waals surface area contributed by atoms with Gasteiger partial charge in [0.25, 0.3) is 0 Å². The Morgan fingerprint density at radius 3 is 2.62 bits per heavy atom. The van der Waals surface area contributed by atoms with Gasteiger partial charge in [0.05, 0.1) is 13.2 Å². The van der Waals surface area contributed by atoms with Crippen molar-refractivity contribution in [1.82, 2.24) is 5.32 Å². The van der Waals surface area contributed by atoms with Crippen molar-refractivity contribution in [3.05, 3.63) is 23.8 Å². The number of benzene rings is 1. The zero-order valence-corrected chi connectivity index (χ0v) is 12.5. The maximum atomic E-state index is 5.67. The van der Waals surface area contributed by atoms with Gasteiger partial charge in [-0.05, 0) is 30.7 Å². The van der Waals surface area contributed by atoms with E-state index in [-0.39, 0.29) is 12.3 Å². The Balaban J connectivity index is 1.74. The standard InChI is InChI=1S/C16H23NO4/c1-2-5-17-13(11-16-20-8-9-21-16)12-3-4-14-15(10-12)19-7-6-18-14/h3-4,10,13,16-17H,2,5-9,11H2,1H3. The van der Waals surface area contributed by atoms with E-state index in [1.165, 1.54) is 5.56 Å². The normalized spacial score (nSPS) is 19.7. The lowest BCUT2D eigenvalue weighted by Gasteiger charge is -2.24. The van der Waals surface area contributed by atoms with Crippen LogP contribution in [0.2, 0.25) is 0 Å². The molecule has 0 saturated carbocycles. The summed E-state index contributed by atoms with van der Waals surface area (Å²) < 4.78 is 22.4. The topological polar surface area (TPSA) is 49.0 Å². The molecule has 0 amide bonds. The summed E-state index contributed by atoms with van der Waals surface area (Å²) in [5, 5.41) is 3.56. The number of hydrogen-bond donors (Lipinski definition) is 1. The van der Waals surface area contributed by atoms with Crippen LogP contribution in [0, 0.1) is 0 Å². The molecule has 1 atom stereocenters. The minimum absolute atomic E-state index is 0.118. The van der Waals surface area contributed by atoms with Gasteiger partial charge in [0.2, 0.25) is 0 Å². The zero-order chi connectivity index (χ0) is 14.5. The molecule has 0 aliphatic carbocycles. The molecule has 3 rings (SSSR count). The molecular weight excluding hydrogens is 270 g/mol. The number of ether oxygens (including phenoxy) is 4. The lowest BCUT2D eigenvalue weighted by molar-refractivity contribution is -0.0530. The SMILES string of the molecule is CCCNC(CC1OCCO1)c1ccc2c(c1)OCCO2. The van der Waals surface area contributed by atoms with Gasteiger partial charge in [0, 0.05) is 12.5 Å². The van der Waals surface area contributed by atoms with Gasteiger partial charge >= 0.3 is 0 Å². The third kappa shape index (κ3) is 3.67. The molecule has 1 unspecified atom stereocenters. The van der Waals surface area contributed by atoms with Crippen LogP contribution in [-0.4, -0.2) is 39.3 Å². The van der Waals surface area contributed by atoms with Crippen LogP contribution in [0.5, 0.6) is 11.5 Å². The summed E-state index contributed by atoms with van der Waals surface area (Å²) in [4.78, 5) is 0. The summed E-state index contributed by atoms with van der Waals surface area (Å²) in [5.74, 6) is 1.66. The van der Waals surface area contributed by atoms with Crippen LogP contribution in [0.4, 0.5) is 0 Å². The van der Waals surface area contributed by atoms with Crippen molar-refractivity contribution in [2.24, 2.45) is 0 Å². The van der Waals surface area contributed by atoms with E-state index >= 15 is 0 Å². The fourth-order valence-electron chi connectivity index (χ4n) is 2.67. The predicted octanol–water partition coefficient (Wildman–Crippen LogP) is 2.26. The highest BCUT2D eigenvalue weighted by atomic mass is 16.7. The number of fused-ring (bicyclic) bond motifs is 1. The van der Waals surface area contributed by atoms with Crippen molar-refractivity contribution < 1.29 is 18.9 Å². The molecule has 2 aliphatic rings. The first kappa shape index (κ1) is 14.6. The molecule has 116 valence electrons. The van der Waals surface area contributed by atoms with E-state index in [1.807, 2.05) is 6.07 Å². The molecule has 5 heteroatoms. The second kappa shape index (κ2) is 7.11. The maximum absolute atomic E-state index is 5.67. The van der Waals surface area contributed by atoms with Crippen LogP contribution in [0.1, 0.15) is 31.4 Å². The fraction of sp³-hybridized carbons (Fsp3) is 0.625. The van der Waals surface area contributed by atoms with Gasteiger partial charge in [-0.25, -0.2) is 0 Å². The summed E-state index contributed by atoms with van der Waals surface area (Å²) in [6.45, 7) is 5.73. The smallest absolute Gasteiger partial charge is 0.161 e. The molecule has 0 spiro atoms. The van der Waals surface area contributed by atoms with Gasteiger partial charge < -0.3 is 24.3 Å². The quantitative estimate of drug-likeness (QED) is 0.872. The Hall–Kier alpha value is -1.30. The van der Waals surface area contributed by atoms with Crippen molar-refractivity contribution >= 4 is 0 Å². The number of rotatable bonds is 6. The Morgan fingerprint density at radius 1 is 1.10 bits per heavy atom. The first-order valence-corrected chi connectivity index (χ1v) is 7.73. The van der Waals surface area contributed by atoms with Crippen LogP contribution >= 0.6 is 0 Å². The molecule has 0 bridgehead atoms. The molecule has 1 N–H and O–H groups in total. The van der Waals surface area contributed by atoms with E-state index in [2.05, 4.69) is 24.4 Å². The van der Waals surface area contributed by atoms with Crippen molar-refractivity contribution in [3.63, 3.8) is 0 Å². The monoisotopic (exact) mass is 293 g/mol. The van der Waals surface area contributed by atoms with Gasteiger partial charge in [0.1, 0.15) is 13.2 Å². The molecule has 1 aromatic carbocycles. The van der Waals surface area contributed by atoms with E-state index in [9.17, 15) is 0 Å². The molecule has 0 aromatic heterocycles. The molecular formula is C16H23NO4. The number of hydrogen-bond acceptors (Lipinski definition) is 5. The Morgan fingerprint density at radius 2 is 1.86 bits per heavy atom. The molecule has 21 heavy (non-hydrogen) atoms. The molecule has 2 heterocycles. The average molecular weight is 293 g/mol. The average Bonchev–Trinajstić information content (AvgIpc) is 3.04. The largest absolute Gasteiger partial charge is 0.486 e. The summed E-state index contributed by atoms with van der Waals surface area (Å²) in [7, 11) is 0. The number of nitrogens with one attached hydrogen (secondary N) is 1. The third-order valence-corrected chi connectivity index (χ3v) is 3.73. The Bertz CT molecular complexity index is 460. The Labute approximate surface area is 125 Å². The van der Waals surface area contributed by atoms with E-state index < -0.39 is 0 Å². The fourth-order valence-corrected chi connectivity index (χ4v) is 2.67.